The van der Waals surface area contributed by atoms with Gasteiger partial charge in [-0.3, -0.25) is 14.5 Å². The first-order valence-electron chi connectivity index (χ1n) is 14.2. The molecule has 228 valence electrons. The van der Waals surface area contributed by atoms with E-state index in [0.717, 1.165) is 24.8 Å². The molecule has 0 bridgehead atoms. The van der Waals surface area contributed by atoms with Crippen LogP contribution in [0.1, 0.15) is 48.9 Å². The number of carbonyl (C=O) groups excluding carboxylic acids is 2. The van der Waals surface area contributed by atoms with Crippen LogP contribution < -0.4 is 19.1 Å². The van der Waals surface area contributed by atoms with Crippen molar-refractivity contribution in [2.75, 3.05) is 25.7 Å². The van der Waals surface area contributed by atoms with Gasteiger partial charge in [-0.1, -0.05) is 79.3 Å². The minimum absolute atomic E-state index is 0.0625. The Morgan fingerprint density at radius 2 is 1.73 bits per heavy atom. The molecule has 1 atom stereocenters. The van der Waals surface area contributed by atoms with Gasteiger partial charge in [0.05, 0.1) is 32.4 Å². The van der Waals surface area contributed by atoms with Gasteiger partial charge >= 0.3 is 5.91 Å². The molecular formula is C33H33N3O6S2. The third-order valence-corrected chi connectivity index (χ3v) is 9.25. The van der Waals surface area contributed by atoms with Crippen LogP contribution in [0.3, 0.4) is 0 Å². The summed E-state index contributed by atoms with van der Waals surface area (Å²) in [6.07, 6.45) is 3.03. The van der Waals surface area contributed by atoms with Gasteiger partial charge in [-0.05, 0) is 53.9 Å². The number of Topliss-reactive ketones (excluding diaryl/α,β-unsaturated/α-hetero) is 1. The second-order valence-electron chi connectivity index (χ2n) is 9.99. The fraction of sp³-hybridized carbons (Fsp3) is 0.273. The number of rotatable bonds is 13. The highest BCUT2D eigenvalue weighted by Gasteiger charge is 2.48. The Morgan fingerprint density at radius 3 is 2.43 bits per heavy atom. The van der Waals surface area contributed by atoms with Crippen LogP contribution in [0.25, 0.3) is 5.76 Å². The van der Waals surface area contributed by atoms with Gasteiger partial charge < -0.3 is 19.3 Å². The molecule has 0 saturated carbocycles. The van der Waals surface area contributed by atoms with Gasteiger partial charge in [-0.2, -0.15) is 0 Å². The lowest BCUT2D eigenvalue weighted by molar-refractivity contribution is -0.132. The van der Waals surface area contributed by atoms with Gasteiger partial charge in [0.25, 0.3) is 5.78 Å². The van der Waals surface area contributed by atoms with E-state index in [1.54, 1.807) is 49.6 Å². The van der Waals surface area contributed by atoms with E-state index in [1.807, 2.05) is 30.3 Å². The number of hydrogen-bond donors (Lipinski definition) is 1. The van der Waals surface area contributed by atoms with Crippen molar-refractivity contribution in [1.82, 2.24) is 10.2 Å². The van der Waals surface area contributed by atoms with Crippen LogP contribution in [0.15, 0.2) is 82.7 Å². The summed E-state index contributed by atoms with van der Waals surface area (Å²) < 4.78 is 17.5. The second kappa shape index (κ2) is 14.4. The number of aliphatic hydroxyl groups is 1. The van der Waals surface area contributed by atoms with E-state index in [9.17, 15) is 14.7 Å². The third-order valence-electron chi connectivity index (χ3n) is 7.12. The molecule has 1 saturated heterocycles. The number of hydrogen-bond acceptors (Lipinski definition) is 10. The second-order valence-corrected chi connectivity index (χ2v) is 12.2. The molecule has 2 heterocycles. The van der Waals surface area contributed by atoms with Gasteiger partial charge in [0, 0.05) is 11.3 Å². The van der Waals surface area contributed by atoms with Crippen molar-refractivity contribution in [2.45, 2.75) is 42.3 Å². The predicted octanol–water partition coefficient (Wildman–Crippen LogP) is 7.04. The van der Waals surface area contributed by atoms with Crippen LogP contribution in [0.4, 0.5) is 5.13 Å². The molecule has 1 N–H and O–H groups in total. The normalized spacial score (nSPS) is 15.9. The minimum Gasteiger partial charge on any atom is -0.507 e. The summed E-state index contributed by atoms with van der Waals surface area (Å²) in [5.74, 6) is 0.329. The fourth-order valence-electron chi connectivity index (χ4n) is 4.83. The molecular weight excluding hydrogens is 599 g/mol. The molecule has 3 aromatic carbocycles. The molecule has 0 aliphatic carbocycles. The van der Waals surface area contributed by atoms with Crippen molar-refractivity contribution in [3.63, 3.8) is 0 Å². The molecule has 0 spiro atoms. The van der Waals surface area contributed by atoms with E-state index in [-0.39, 0.29) is 16.5 Å². The zero-order chi connectivity index (χ0) is 31.1. The molecule has 1 fully saturated rings. The van der Waals surface area contributed by atoms with Gasteiger partial charge in [-0.15, -0.1) is 10.2 Å². The van der Waals surface area contributed by atoms with Crippen molar-refractivity contribution in [3.8, 4) is 17.2 Å². The maximum Gasteiger partial charge on any atom is 0.301 e. The topological polar surface area (TPSA) is 111 Å². The lowest BCUT2D eigenvalue weighted by Gasteiger charge is -2.23. The van der Waals surface area contributed by atoms with Crippen molar-refractivity contribution >= 4 is 45.7 Å². The van der Waals surface area contributed by atoms with Crippen LogP contribution in [-0.4, -0.2) is 47.8 Å². The van der Waals surface area contributed by atoms with Gasteiger partial charge in [0.2, 0.25) is 5.13 Å². The summed E-state index contributed by atoms with van der Waals surface area (Å²) in [6.45, 7) is 2.66. The maximum atomic E-state index is 13.6. The standard InChI is InChI=1S/C33H33N3O6S2/c1-4-5-9-18-42-25-17-14-23(19-26(25)41-3)28-27(29(37)22-12-15-24(40-2)16-13-22)30(38)31(39)36(28)32-34-35-33(44-32)43-20-21-10-7-6-8-11-21/h6-8,10-17,19,28,37H,4-5,9,18,20H2,1-3H3/b29-27-. The Kier molecular flexibility index (Phi) is 10.2. The predicted molar refractivity (Wildman–Crippen MR) is 172 cm³/mol. The number of ketones is 1. The van der Waals surface area contributed by atoms with Crippen molar-refractivity contribution in [3.05, 3.63) is 95.1 Å². The smallest absolute Gasteiger partial charge is 0.301 e. The molecule has 0 radical (unpaired) electrons. The Morgan fingerprint density at radius 1 is 0.955 bits per heavy atom. The highest BCUT2D eigenvalue weighted by atomic mass is 32.2. The molecule has 4 aromatic rings. The number of methoxy groups -OCH3 is 2. The number of ether oxygens (including phenoxy) is 3. The fourth-order valence-corrected chi connectivity index (χ4v) is 6.66. The number of anilines is 1. The van der Waals surface area contributed by atoms with E-state index in [1.165, 1.54) is 35.1 Å². The van der Waals surface area contributed by atoms with E-state index in [4.69, 9.17) is 14.2 Å². The lowest BCUT2D eigenvalue weighted by Crippen LogP contribution is -2.29. The van der Waals surface area contributed by atoms with Crippen molar-refractivity contribution < 1.29 is 28.9 Å². The Labute approximate surface area is 264 Å². The van der Waals surface area contributed by atoms with Crippen LogP contribution in [-0.2, 0) is 15.3 Å². The molecule has 9 nitrogen and oxygen atoms in total. The van der Waals surface area contributed by atoms with Gasteiger partial charge in [0.15, 0.2) is 15.8 Å². The SMILES string of the molecule is CCCCCOc1ccc(C2/C(=C(/O)c3ccc(OC)cc3)C(=O)C(=O)N2c2nnc(SCc3ccccc3)s2)cc1OC. The number of benzene rings is 3. The highest BCUT2D eigenvalue weighted by Crippen LogP contribution is 2.45. The Hall–Kier alpha value is -4.35. The lowest BCUT2D eigenvalue weighted by atomic mass is 9.95. The zero-order valence-electron chi connectivity index (χ0n) is 24.7. The average molecular weight is 632 g/mol. The molecule has 1 aliphatic heterocycles. The van der Waals surface area contributed by atoms with E-state index in [0.29, 0.717) is 45.1 Å². The van der Waals surface area contributed by atoms with Gasteiger partial charge in [0.1, 0.15) is 11.5 Å². The summed E-state index contributed by atoms with van der Waals surface area (Å²) in [7, 11) is 3.08. The molecule has 44 heavy (non-hydrogen) atoms. The summed E-state index contributed by atoms with van der Waals surface area (Å²) in [6, 6.07) is 20.8. The molecule has 1 amide bonds. The Bertz CT molecular complexity index is 1640. The number of unbranched alkanes of at least 4 members (excludes halogenated alkanes) is 2. The summed E-state index contributed by atoms with van der Waals surface area (Å²) >= 11 is 2.70. The first kappa shape index (κ1) is 31.1. The molecule has 5 rings (SSSR count). The minimum atomic E-state index is -0.986. The number of carbonyl (C=O) groups is 2. The van der Waals surface area contributed by atoms with Crippen LogP contribution in [0.2, 0.25) is 0 Å². The maximum absolute atomic E-state index is 13.6. The van der Waals surface area contributed by atoms with Crippen LogP contribution in [0.5, 0.6) is 17.2 Å². The number of aromatic nitrogens is 2. The van der Waals surface area contributed by atoms with E-state index in [2.05, 4.69) is 17.1 Å². The highest BCUT2D eigenvalue weighted by molar-refractivity contribution is 8.00. The van der Waals surface area contributed by atoms with Crippen molar-refractivity contribution in [2.24, 2.45) is 0 Å². The summed E-state index contributed by atoms with van der Waals surface area (Å²) in [5.41, 5.74) is 1.98. The van der Waals surface area contributed by atoms with Crippen molar-refractivity contribution in [1.29, 1.82) is 0 Å². The summed E-state index contributed by atoms with van der Waals surface area (Å²) in [5, 5.41) is 20.3. The largest absolute Gasteiger partial charge is 0.507 e. The number of amides is 1. The first-order chi connectivity index (χ1) is 21.4. The monoisotopic (exact) mass is 631 g/mol. The van der Waals surface area contributed by atoms with Crippen LogP contribution in [0, 0.1) is 0 Å². The molecule has 11 heteroatoms. The molecule has 1 aliphatic rings. The average Bonchev–Trinajstić information content (AvgIpc) is 3.63. The first-order valence-corrected chi connectivity index (χ1v) is 16.0. The van der Waals surface area contributed by atoms with E-state index >= 15 is 0 Å². The number of aliphatic hydroxyl groups excluding tert-OH is 1. The molecule has 1 aromatic heterocycles. The summed E-state index contributed by atoms with van der Waals surface area (Å²) in [4.78, 5) is 28.6. The third kappa shape index (κ3) is 6.74. The zero-order valence-corrected chi connectivity index (χ0v) is 26.3. The van der Waals surface area contributed by atoms with E-state index < -0.39 is 17.7 Å². The Balaban J connectivity index is 1.54. The molecule has 1 unspecified atom stereocenters. The van der Waals surface area contributed by atoms with Crippen LogP contribution >= 0.6 is 23.1 Å². The number of thioether (sulfide) groups is 1. The quantitative estimate of drug-likeness (QED) is 0.0415. The number of nitrogens with zero attached hydrogens (tertiary/aromatic N) is 3. The van der Waals surface area contributed by atoms with Gasteiger partial charge in [-0.25, -0.2) is 0 Å².